The number of benzene rings is 1. The van der Waals surface area contributed by atoms with Gasteiger partial charge in [0.15, 0.2) is 5.82 Å². The number of fused-ring (bicyclic) bond motifs is 1. The van der Waals surface area contributed by atoms with Crippen LogP contribution in [0.1, 0.15) is 6.42 Å². The first-order valence-corrected chi connectivity index (χ1v) is 7.32. The molecule has 0 amide bonds. The Balaban J connectivity index is 0.00000169. The molecule has 4 rings (SSSR count). The Morgan fingerprint density at radius 1 is 1.33 bits per heavy atom. The second-order valence-electron chi connectivity index (χ2n) is 5.41. The summed E-state index contributed by atoms with van der Waals surface area (Å²) in [5.41, 5.74) is -0.00833. The lowest BCUT2D eigenvalue weighted by Gasteiger charge is -2.14. The number of pyridine rings is 1. The molecule has 3 heterocycles. The van der Waals surface area contributed by atoms with Crippen LogP contribution in [0.4, 0.5) is 4.39 Å². The first-order chi connectivity index (χ1) is 11.2. The van der Waals surface area contributed by atoms with E-state index in [-0.39, 0.29) is 30.2 Å². The Kier molecular flexibility index (Phi) is 4.50. The van der Waals surface area contributed by atoms with Crippen LogP contribution in [-0.4, -0.2) is 39.4 Å². The molecule has 1 aliphatic rings. The van der Waals surface area contributed by atoms with Crippen molar-refractivity contribution in [3.8, 4) is 17.4 Å². The van der Waals surface area contributed by atoms with Crippen LogP contribution < -0.4 is 15.7 Å². The second-order valence-corrected chi connectivity index (χ2v) is 5.41. The van der Waals surface area contributed by atoms with Gasteiger partial charge in [0.1, 0.15) is 17.6 Å². The van der Waals surface area contributed by atoms with E-state index < -0.39 is 11.5 Å². The van der Waals surface area contributed by atoms with Gasteiger partial charge in [0.25, 0.3) is 0 Å². The summed E-state index contributed by atoms with van der Waals surface area (Å²) < 4.78 is 20.1. The summed E-state index contributed by atoms with van der Waals surface area (Å²) in [6.07, 6.45) is 0.778. The fraction of sp³-hybridized carbons (Fsp3) is 0.267. The highest BCUT2D eigenvalue weighted by Gasteiger charge is 2.20. The molecular formula is C15H15ClFN5O2. The lowest BCUT2D eigenvalue weighted by Crippen LogP contribution is -2.20. The van der Waals surface area contributed by atoms with Gasteiger partial charge in [-0.3, -0.25) is 4.98 Å². The van der Waals surface area contributed by atoms with E-state index in [4.69, 9.17) is 4.74 Å². The molecule has 1 fully saturated rings. The van der Waals surface area contributed by atoms with Crippen LogP contribution in [0.25, 0.3) is 22.3 Å². The molecule has 9 heteroatoms. The lowest BCUT2D eigenvalue weighted by atomic mass is 10.1. The van der Waals surface area contributed by atoms with Gasteiger partial charge in [-0.25, -0.2) is 19.3 Å². The van der Waals surface area contributed by atoms with E-state index in [0.29, 0.717) is 23.0 Å². The molecule has 7 nitrogen and oxygen atoms in total. The topological polar surface area (TPSA) is 95.7 Å². The SMILES string of the molecule is Cl.O=c1[nH]nc(-c2cc3cccc(F)c3c(O[C@H]3CCNC3)n2)[nH]1. The van der Waals surface area contributed by atoms with Crippen molar-refractivity contribution >= 4 is 23.2 Å². The van der Waals surface area contributed by atoms with Gasteiger partial charge in [0, 0.05) is 6.54 Å². The van der Waals surface area contributed by atoms with E-state index in [0.717, 1.165) is 13.0 Å². The highest BCUT2D eigenvalue weighted by atomic mass is 35.5. The van der Waals surface area contributed by atoms with E-state index in [9.17, 15) is 9.18 Å². The molecule has 1 saturated heterocycles. The van der Waals surface area contributed by atoms with Gasteiger partial charge in [0.05, 0.1) is 5.39 Å². The Labute approximate surface area is 142 Å². The Morgan fingerprint density at radius 2 is 2.21 bits per heavy atom. The average Bonchev–Trinajstić information content (AvgIpc) is 3.19. The van der Waals surface area contributed by atoms with Gasteiger partial charge in [-0.05, 0) is 30.5 Å². The van der Waals surface area contributed by atoms with Crippen LogP contribution >= 0.6 is 12.4 Å². The van der Waals surface area contributed by atoms with Gasteiger partial charge < -0.3 is 10.1 Å². The minimum Gasteiger partial charge on any atom is -0.472 e. The zero-order valence-corrected chi connectivity index (χ0v) is 13.3. The Morgan fingerprint density at radius 3 is 2.92 bits per heavy atom. The van der Waals surface area contributed by atoms with Gasteiger partial charge in [0.2, 0.25) is 5.88 Å². The van der Waals surface area contributed by atoms with Gasteiger partial charge in [-0.1, -0.05) is 12.1 Å². The van der Waals surface area contributed by atoms with Crippen molar-refractivity contribution in [2.45, 2.75) is 12.5 Å². The summed E-state index contributed by atoms with van der Waals surface area (Å²) in [5, 5.41) is 10.3. The summed E-state index contributed by atoms with van der Waals surface area (Å²) in [5.74, 6) is 0.113. The summed E-state index contributed by atoms with van der Waals surface area (Å²) in [7, 11) is 0. The standard InChI is InChI=1S/C15H14FN5O2.ClH/c16-10-3-1-2-8-6-11(13-19-15(22)21-20-13)18-14(12(8)10)23-9-4-5-17-7-9;/h1-3,6,9,17H,4-5,7H2,(H2,19,20,21,22);1H/t9-;/m0./s1. The van der Waals surface area contributed by atoms with Crippen molar-refractivity contribution in [3.63, 3.8) is 0 Å². The highest BCUT2D eigenvalue weighted by Crippen LogP contribution is 2.31. The molecule has 126 valence electrons. The van der Waals surface area contributed by atoms with Crippen LogP contribution in [0.15, 0.2) is 29.1 Å². The van der Waals surface area contributed by atoms with Crippen molar-refractivity contribution < 1.29 is 9.13 Å². The van der Waals surface area contributed by atoms with E-state index >= 15 is 0 Å². The smallest absolute Gasteiger partial charge is 0.340 e. The van der Waals surface area contributed by atoms with Gasteiger partial charge in [-0.2, -0.15) is 5.10 Å². The third-order valence-electron chi connectivity index (χ3n) is 3.81. The molecule has 1 aromatic carbocycles. The largest absolute Gasteiger partial charge is 0.472 e. The fourth-order valence-corrected chi connectivity index (χ4v) is 2.72. The number of aromatic nitrogens is 4. The minimum absolute atomic E-state index is 0. The highest BCUT2D eigenvalue weighted by molar-refractivity contribution is 5.90. The van der Waals surface area contributed by atoms with Crippen LogP contribution in [-0.2, 0) is 0 Å². The Hall–Kier alpha value is -2.45. The van der Waals surface area contributed by atoms with Gasteiger partial charge >= 0.3 is 5.69 Å². The van der Waals surface area contributed by atoms with E-state index in [2.05, 4.69) is 25.5 Å². The van der Waals surface area contributed by atoms with Crippen LogP contribution in [0.5, 0.6) is 5.88 Å². The maximum Gasteiger partial charge on any atom is 0.340 e. The quantitative estimate of drug-likeness (QED) is 0.666. The molecule has 3 aromatic rings. The minimum atomic E-state index is -0.427. The average molecular weight is 352 g/mol. The first kappa shape index (κ1) is 16.4. The fourth-order valence-electron chi connectivity index (χ4n) is 2.72. The van der Waals surface area contributed by atoms with E-state index in [1.165, 1.54) is 6.07 Å². The Bertz CT molecular complexity index is 920. The molecule has 0 aliphatic carbocycles. The zero-order chi connectivity index (χ0) is 15.8. The third kappa shape index (κ3) is 2.98. The van der Waals surface area contributed by atoms with Gasteiger partial charge in [-0.15, -0.1) is 12.4 Å². The van der Waals surface area contributed by atoms with Crippen molar-refractivity contribution in [3.05, 3.63) is 40.6 Å². The van der Waals surface area contributed by atoms with Crippen molar-refractivity contribution in [2.24, 2.45) is 0 Å². The molecular weight excluding hydrogens is 337 g/mol. The molecule has 1 aliphatic heterocycles. The predicted octanol–water partition coefficient (Wildman–Crippen LogP) is 1.61. The number of ether oxygens (including phenoxy) is 1. The maximum absolute atomic E-state index is 14.2. The predicted molar refractivity (Wildman–Crippen MR) is 89.1 cm³/mol. The van der Waals surface area contributed by atoms with Crippen molar-refractivity contribution in [2.75, 3.05) is 13.1 Å². The number of hydrogen-bond acceptors (Lipinski definition) is 5. The summed E-state index contributed by atoms with van der Waals surface area (Å²) in [6, 6.07) is 6.44. The molecule has 3 N–H and O–H groups in total. The zero-order valence-electron chi connectivity index (χ0n) is 12.5. The van der Waals surface area contributed by atoms with E-state index in [1.54, 1.807) is 18.2 Å². The lowest BCUT2D eigenvalue weighted by molar-refractivity contribution is 0.217. The monoisotopic (exact) mass is 351 g/mol. The van der Waals surface area contributed by atoms with Crippen LogP contribution in [0.3, 0.4) is 0 Å². The van der Waals surface area contributed by atoms with E-state index in [1.807, 2.05) is 0 Å². The maximum atomic E-state index is 14.2. The van der Waals surface area contributed by atoms with Crippen LogP contribution in [0.2, 0.25) is 0 Å². The van der Waals surface area contributed by atoms with Crippen molar-refractivity contribution in [1.82, 2.24) is 25.5 Å². The summed E-state index contributed by atoms with van der Waals surface area (Å²) in [6.45, 7) is 1.55. The number of rotatable bonds is 3. The molecule has 0 spiro atoms. The number of H-pyrrole nitrogens is 2. The first-order valence-electron chi connectivity index (χ1n) is 7.32. The summed E-state index contributed by atoms with van der Waals surface area (Å²) >= 11 is 0. The second kappa shape index (κ2) is 6.58. The molecule has 0 saturated carbocycles. The van der Waals surface area contributed by atoms with Crippen molar-refractivity contribution in [1.29, 1.82) is 0 Å². The number of nitrogens with one attached hydrogen (secondary N) is 3. The third-order valence-corrected chi connectivity index (χ3v) is 3.81. The molecule has 24 heavy (non-hydrogen) atoms. The summed E-state index contributed by atoms with van der Waals surface area (Å²) in [4.78, 5) is 18.2. The molecule has 0 radical (unpaired) electrons. The molecule has 1 atom stereocenters. The number of hydrogen-bond donors (Lipinski definition) is 3. The van der Waals surface area contributed by atoms with Crippen LogP contribution in [0, 0.1) is 5.82 Å². The number of nitrogens with zero attached hydrogens (tertiary/aromatic N) is 2. The number of halogens is 2. The number of aromatic amines is 2. The molecule has 0 unspecified atom stereocenters. The molecule has 2 aromatic heterocycles. The molecule has 0 bridgehead atoms. The normalized spacial score (nSPS) is 17.0.